The highest BCUT2D eigenvalue weighted by Gasteiger charge is 2.20. The van der Waals surface area contributed by atoms with Crippen LogP contribution in [-0.4, -0.2) is 28.7 Å². The monoisotopic (exact) mass is 261 g/mol. The molecule has 0 radical (unpaired) electrons. The number of alkyl halides is 1. The molecule has 1 rings (SSSR count). The Hall–Kier alpha value is -0.0500. The molecule has 0 aromatic rings. The number of hydrogen-bond donors (Lipinski definition) is 0. The van der Waals surface area contributed by atoms with Gasteiger partial charge in [0.15, 0.2) is 0 Å². The molecule has 2 nitrogen and oxygen atoms in total. The number of nitrogens with zero attached hydrogens (tertiary/aromatic N) is 1. The first-order valence-electron chi connectivity index (χ1n) is 5.66. The van der Waals surface area contributed by atoms with Crippen molar-refractivity contribution in [3.8, 4) is 0 Å². The molecule has 0 spiro atoms. The summed E-state index contributed by atoms with van der Waals surface area (Å²) in [5, 5.41) is 0. The molecule has 3 heteroatoms. The normalized spacial score (nSPS) is 18.6. The highest BCUT2D eigenvalue weighted by atomic mass is 79.9. The van der Waals surface area contributed by atoms with Gasteiger partial charge in [0.25, 0.3) is 0 Å². The summed E-state index contributed by atoms with van der Waals surface area (Å²) < 4.78 is 0. The summed E-state index contributed by atoms with van der Waals surface area (Å²) in [4.78, 5) is 14.3. The van der Waals surface area contributed by atoms with Crippen LogP contribution in [0.4, 0.5) is 0 Å². The summed E-state index contributed by atoms with van der Waals surface area (Å²) in [6.45, 7) is 4.06. The minimum Gasteiger partial charge on any atom is -0.343 e. The molecule has 14 heavy (non-hydrogen) atoms. The molecule has 1 saturated heterocycles. The van der Waals surface area contributed by atoms with Crippen LogP contribution < -0.4 is 0 Å². The van der Waals surface area contributed by atoms with Crippen molar-refractivity contribution in [3.05, 3.63) is 0 Å². The van der Waals surface area contributed by atoms with Gasteiger partial charge in [-0.1, -0.05) is 35.7 Å². The van der Waals surface area contributed by atoms with E-state index < -0.39 is 0 Å². The molecule has 0 saturated carbocycles. The van der Waals surface area contributed by atoms with E-state index >= 15 is 0 Å². The van der Waals surface area contributed by atoms with Gasteiger partial charge in [0.2, 0.25) is 5.91 Å². The van der Waals surface area contributed by atoms with E-state index in [1.54, 1.807) is 0 Å². The summed E-state index contributed by atoms with van der Waals surface area (Å²) in [6.07, 6.45) is 6.40. The molecule has 0 aromatic carbocycles. The van der Waals surface area contributed by atoms with Crippen LogP contribution in [0, 0.1) is 0 Å². The van der Waals surface area contributed by atoms with Crippen LogP contribution in [0.5, 0.6) is 0 Å². The Labute approximate surface area is 95.2 Å². The van der Waals surface area contributed by atoms with Crippen LogP contribution >= 0.6 is 15.9 Å². The number of halogens is 1. The van der Waals surface area contributed by atoms with E-state index in [1.807, 2.05) is 4.90 Å². The van der Waals surface area contributed by atoms with Gasteiger partial charge in [-0.3, -0.25) is 4.79 Å². The topological polar surface area (TPSA) is 20.3 Å². The minimum atomic E-state index is 0.359. The number of likely N-dealkylation sites (tertiary alicyclic amines) is 1. The fourth-order valence-electron chi connectivity index (χ4n) is 1.78. The molecule has 1 amide bonds. The van der Waals surface area contributed by atoms with Crippen LogP contribution in [0.15, 0.2) is 0 Å². The van der Waals surface area contributed by atoms with Crippen LogP contribution in [0.2, 0.25) is 0 Å². The van der Waals surface area contributed by atoms with Gasteiger partial charge in [-0.2, -0.15) is 0 Å². The number of rotatable bonds is 4. The highest BCUT2D eigenvalue weighted by molar-refractivity contribution is 9.09. The summed E-state index contributed by atoms with van der Waals surface area (Å²) >= 11 is 3.59. The van der Waals surface area contributed by atoms with Gasteiger partial charge >= 0.3 is 0 Å². The van der Waals surface area contributed by atoms with Gasteiger partial charge < -0.3 is 4.90 Å². The quantitative estimate of drug-likeness (QED) is 0.563. The summed E-state index contributed by atoms with van der Waals surface area (Å²) in [7, 11) is 0. The zero-order valence-corrected chi connectivity index (χ0v) is 10.6. The van der Waals surface area contributed by atoms with Crippen LogP contribution in [0.3, 0.4) is 0 Å². The third-order valence-electron chi connectivity index (χ3n) is 2.77. The maximum absolute atomic E-state index is 11.7. The van der Waals surface area contributed by atoms with Crippen LogP contribution in [-0.2, 0) is 4.79 Å². The lowest BCUT2D eigenvalue weighted by Gasteiger charge is -2.29. The fraction of sp³-hybridized carbons (Fsp3) is 0.909. The van der Waals surface area contributed by atoms with E-state index in [9.17, 15) is 4.79 Å². The van der Waals surface area contributed by atoms with Crippen molar-refractivity contribution >= 4 is 21.8 Å². The second-order valence-electron chi connectivity index (χ2n) is 4.01. The van der Waals surface area contributed by atoms with E-state index in [1.165, 1.54) is 12.8 Å². The van der Waals surface area contributed by atoms with Gasteiger partial charge in [0.05, 0.1) is 0 Å². The van der Waals surface area contributed by atoms with Crippen LogP contribution in [0.1, 0.15) is 45.4 Å². The molecule has 0 unspecified atom stereocenters. The smallest absolute Gasteiger partial charge is 0.222 e. The van der Waals surface area contributed by atoms with E-state index in [4.69, 9.17) is 0 Å². The zero-order valence-electron chi connectivity index (χ0n) is 8.97. The third-order valence-corrected chi connectivity index (χ3v) is 3.69. The SMILES string of the molecule is CCCCCC(=O)N1CCC(Br)CC1. The summed E-state index contributed by atoms with van der Waals surface area (Å²) in [6, 6.07) is 0. The largest absolute Gasteiger partial charge is 0.343 e. The Morgan fingerprint density at radius 3 is 2.57 bits per heavy atom. The first kappa shape index (κ1) is 12.0. The van der Waals surface area contributed by atoms with Crippen molar-refractivity contribution in [1.29, 1.82) is 0 Å². The molecule has 0 aliphatic carbocycles. The Morgan fingerprint density at radius 2 is 2.00 bits per heavy atom. The highest BCUT2D eigenvalue weighted by Crippen LogP contribution is 2.18. The lowest BCUT2D eigenvalue weighted by atomic mass is 10.1. The van der Waals surface area contributed by atoms with E-state index in [0.717, 1.165) is 38.8 Å². The molecule has 0 atom stereocenters. The average molecular weight is 262 g/mol. The van der Waals surface area contributed by atoms with E-state index in [0.29, 0.717) is 10.7 Å². The van der Waals surface area contributed by atoms with Crippen molar-refractivity contribution in [2.45, 2.75) is 50.3 Å². The molecule has 1 aliphatic heterocycles. The van der Waals surface area contributed by atoms with E-state index in [2.05, 4.69) is 22.9 Å². The molecule has 0 aromatic heterocycles. The molecular weight excluding hydrogens is 242 g/mol. The number of amides is 1. The number of unbranched alkanes of at least 4 members (excludes halogenated alkanes) is 2. The molecule has 1 heterocycles. The van der Waals surface area contributed by atoms with Gasteiger partial charge in [-0.25, -0.2) is 0 Å². The Morgan fingerprint density at radius 1 is 1.36 bits per heavy atom. The standard InChI is InChI=1S/C11H20BrNO/c1-2-3-4-5-11(14)13-8-6-10(12)7-9-13/h10H,2-9H2,1H3. The lowest BCUT2D eigenvalue weighted by Crippen LogP contribution is -2.38. The van der Waals surface area contributed by atoms with E-state index in [-0.39, 0.29) is 0 Å². The molecule has 1 aliphatic rings. The van der Waals surface area contributed by atoms with Crippen molar-refractivity contribution in [3.63, 3.8) is 0 Å². The predicted octanol–water partition coefficient (Wildman–Crippen LogP) is 2.95. The number of hydrogen-bond acceptors (Lipinski definition) is 1. The summed E-state index contributed by atoms with van der Waals surface area (Å²) in [5.41, 5.74) is 0. The minimum absolute atomic E-state index is 0.359. The lowest BCUT2D eigenvalue weighted by molar-refractivity contribution is -0.132. The maximum atomic E-state index is 11.7. The van der Waals surface area contributed by atoms with Crippen molar-refractivity contribution < 1.29 is 4.79 Å². The number of carbonyl (C=O) groups excluding carboxylic acids is 1. The Bertz CT molecular complexity index is 176. The average Bonchev–Trinajstić information content (AvgIpc) is 2.19. The van der Waals surface area contributed by atoms with Crippen LogP contribution in [0.25, 0.3) is 0 Å². The molecule has 82 valence electrons. The van der Waals surface area contributed by atoms with Crippen molar-refractivity contribution in [1.82, 2.24) is 4.90 Å². The molecule has 0 bridgehead atoms. The van der Waals surface area contributed by atoms with Gasteiger partial charge in [-0.15, -0.1) is 0 Å². The van der Waals surface area contributed by atoms with Crippen molar-refractivity contribution in [2.24, 2.45) is 0 Å². The first-order chi connectivity index (χ1) is 6.74. The molecule has 1 fully saturated rings. The maximum Gasteiger partial charge on any atom is 0.222 e. The second kappa shape index (κ2) is 6.44. The third kappa shape index (κ3) is 3.99. The number of carbonyl (C=O) groups is 1. The molecular formula is C11H20BrNO. The summed E-state index contributed by atoms with van der Waals surface area (Å²) in [5.74, 6) is 0.359. The fourth-order valence-corrected chi connectivity index (χ4v) is 2.19. The zero-order chi connectivity index (χ0) is 10.4. The van der Waals surface area contributed by atoms with Gasteiger partial charge in [0.1, 0.15) is 0 Å². The first-order valence-corrected chi connectivity index (χ1v) is 6.57. The van der Waals surface area contributed by atoms with Gasteiger partial charge in [-0.05, 0) is 19.3 Å². The number of piperidine rings is 1. The predicted molar refractivity (Wildman–Crippen MR) is 62.7 cm³/mol. The van der Waals surface area contributed by atoms with Gasteiger partial charge in [0, 0.05) is 24.3 Å². The molecule has 0 N–H and O–H groups in total. The van der Waals surface area contributed by atoms with Crippen molar-refractivity contribution in [2.75, 3.05) is 13.1 Å². The Kier molecular flexibility index (Phi) is 5.53. The Balaban J connectivity index is 2.17. The second-order valence-corrected chi connectivity index (χ2v) is 5.31.